The monoisotopic (exact) mass is 638 g/mol. The fraction of sp³-hybridized carbons (Fsp3) is 0.647. The largest absolute Gasteiger partial charge is 0.391 e. The van der Waals surface area contributed by atoms with Crippen LogP contribution in [0.1, 0.15) is 64.1 Å². The van der Waals surface area contributed by atoms with Crippen LogP contribution in [-0.2, 0) is 20.9 Å². The van der Waals surface area contributed by atoms with Crippen LogP contribution in [0.2, 0.25) is 0 Å². The van der Waals surface area contributed by atoms with Gasteiger partial charge in [-0.3, -0.25) is 19.3 Å². The summed E-state index contributed by atoms with van der Waals surface area (Å²) in [5, 5.41) is 16.6. The van der Waals surface area contributed by atoms with Gasteiger partial charge in [0.1, 0.15) is 12.1 Å². The number of amides is 3. The van der Waals surface area contributed by atoms with E-state index in [1.54, 1.807) is 11.3 Å². The minimum Gasteiger partial charge on any atom is -0.391 e. The number of piperazine rings is 1. The summed E-state index contributed by atoms with van der Waals surface area (Å²) < 4.78 is 0. The van der Waals surface area contributed by atoms with Gasteiger partial charge in [0.15, 0.2) is 0 Å². The first-order valence-electron chi connectivity index (χ1n) is 16.4. The average Bonchev–Trinajstić information content (AvgIpc) is 3.63. The molecule has 3 amide bonds. The molecule has 3 atom stereocenters. The molecule has 0 bridgehead atoms. The zero-order valence-corrected chi connectivity index (χ0v) is 28.2. The number of thiazole rings is 1. The number of β-amino-alcohol motifs (C(OH)–C–C–N with tert-alkyl or cyclic N) is 1. The number of nitrogens with one attached hydrogen (secondary N) is 2. The van der Waals surface area contributed by atoms with Crippen LogP contribution in [0.3, 0.4) is 0 Å². The summed E-state index contributed by atoms with van der Waals surface area (Å²) in [5.74, 6) is -0.828. The molecule has 2 aliphatic heterocycles. The third-order valence-corrected chi connectivity index (χ3v) is 10.8. The topological polar surface area (TPSA) is 118 Å². The summed E-state index contributed by atoms with van der Waals surface area (Å²) in [7, 11) is 2.16. The van der Waals surface area contributed by atoms with Gasteiger partial charge in [0.2, 0.25) is 17.7 Å². The number of likely N-dealkylation sites (N-methyl/N-ethyl adjacent to an activating group) is 1. The summed E-state index contributed by atoms with van der Waals surface area (Å²) in [6.45, 7) is 12.5. The summed E-state index contributed by atoms with van der Waals surface area (Å²) in [6.07, 6.45) is 2.97. The molecule has 2 saturated heterocycles. The number of benzene rings is 1. The van der Waals surface area contributed by atoms with Crippen molar-refractivity contribution in [1.29, 1.82) is 0 Å². The van der Waals surface area contributed by atoms with Crippen molar-refractivity contribution in [3.63, 3.8) is 0 Å². The first-order chi connectivity index (χ1) is 21.4. The molecule has 1 aromatic carbocycles. The Hall–Kier alpha value is -2.86. The van der Waals surface area contributed by atoms with E-state index in [2.05, 4.69) is 32.5 Å². The van der Waals surface area contributed by atoms with Gasteiger partial charge in [0.25, 0.3) is 0 Å². The van der Waals surface area contributed by atoms with E-state index in [1.165, 1.54) is 4.90 Å². The predicted octanol–water partition coefficient (Wildman–Crippen LogP) is 3.03. The quantitative estimate of drug-likeness (QED) is 0.407. The van der Waals surface area contributed by atoms with E-state index in [4.69, 9.17) is 0 Å². The number of rotatable bonds is 8. The lowest BCUT2D eigenvalue weighted by atomic mass is 9.82. The van der Waals surface area contributed by atoms with Gasteiger partial charge in [-0.25, -0.2) is 4.98 Å². The van der Waals surface area contributed by atoms with E-state index in [0.717, 1.165) is 73.6 Å². The van der Waals surface area contributed by atoms with Crippen molar-refractivity contribution in [1.82, 2.24) is 30.3 Å². The first-order valence-corrected chi connectivity index (χ1v) is 17.3. The molecule has 3 aliphatic rings. The van der Waals surface area contributed by atoms with E-state index in [1.807, 2.05) is 57.5 Å². The van der Waals surface area contributed by atoms with Crippen LogP contribution >= 0.6 is 11.3 Å². The molecule has 2 aromatic rings. The number of nitrogens with zero attached hydrogens (tertiary/aromatic N) is 4. The molecule has 3 N–H and O–H groups in total. The minimum absolute atomic E-state index is 0.0679. The van der Waals surface area contributed by atoms with Crippen molar-refractivity contribution in [2.45, 2.75) is 90.6 Å². The summed E-state index contributed by atoms with van der Waals surface area (Å²) in [5.41, 5.74) is 4.27. The van der Waals surface area contributed by atoms with Crippen molar-refractivity contribution < 1.29 is 19.5 Å². The van der Waals surface area contributed by atoms with E-state index >= 15 is 0 Å². The molecule has 0 spiro atoms. The number of likely N-dealkylation sites (tertiary alicyclic amines) is 1. The Balaban J connectivity index is 1.17. The molecule has 5 rings (SSSR count). The molecule has 11 heteroatoms. The maximum Gasteiger partial charge on any atom is 0.246 e. The van der Waals surface area contributed by atoms with Crippen LogP contribution in [0.25, 0.3) is 10.4 Å². The number of hydrogen-bond donors (Lipinski definition) is 3. The van der Waals surface area contributed by atoms with Crippen LogP contribution in [0.5, 0.6) is 0 Å². The SMILES string of the molecule is Cc1ncsc1-c1ccc(CNC(=O)[C@@H]2C[C@H](O)CN2C(=O)[C@@H](NC(=O)C2CCC(N3CCN(C)CC3)CC2)C(C)(C)C)cc1. The van der Waals surface area contributed by atoms with Crippen LogP contribution in [0.15, 0.2) is 29.8 Å². The second-order valence-corrected chi connectivity index (χ2v) is 15.1. The molecule has 3 fully saturated rings. The first kappa shape index (κ1) is 33.5. The number of hydrogen-bond acceptors (Lipinski definition) is 8. The van der Waals surface area contributed by atoms with Crippen LogP contribution in [0, 0.1) is 18.3 Å². The highest BCUT2D eigenvalue weighted by molar-refractivity contribution is 7.13. The molecule has 45 heavy (non-hydrogen) atoms. The van der Waals surface area contributed by atoms with Crippen LogP contribution < -0.4 is 10.6 Å². The third-order valence-electron chi connectivity index (χ3n) is 9.81. The minimum atomic E-state index is -0.802. The summed E-state index contributed by atoms with van der Waals surface area (Å²) in [6, 6.07) is 6.92. The molecular weight excluding hydrogens is 588 g/mol. The maximum absolute atomic E-state index is 14.0. The standard InChI is InChI=1S/C34H50N6O4S/c1-22-29(45-21-36-22)24-8-6-23(7-9-24)19-35-32(43)28-18-27(41)20-40(28)33(44)30(34(2,3)4)37-31(42)25-10-12-26(13-11-25)39-16-14-38(5)15-17-39/h6-9,21,25-28,30,41H,10-20H2,1-5H3,(H,35,43)(H,37,42)/t25?,26?,27-,28-,30+/m0/s1. The Morgan fingerprint density at radius 1 is 1.02 bits per heavy atom. The van der Waals surface area contributed by atoms with Gasteiger partial charge in [-0.1, -0.05) is 45.0 Å². The number of aliphatic hydroxyl groups is 1. The molecule has 1 saturated carbocycles. The van der Waals surface area contributed by atoms with Crippen molar-refractivity contribution in [2.75, 3.05) is 39.8 Å². The molecule has 10 nitrogen and oxygen atoms in total. The Kier molecular flexibility index (Phi) is 10.6. The lowest BCUT2D eigenvalue weighted by Crippen LogP contribution is -2.58. The second-order valence-electron chi connectivity index (χ2n) is 14.2. The van der Waals surface area contributed by atoms with Crippen molar-refractivity contribution in [2.24, 2.45) is 11.3 Å². The number of aliphatic hydroxyl groups excluding tert-OH is 1. The van der Waals surface area contributed by atoms with Gasteiger partial charge in [-0.05, 0) is 56.2 Å². The highest BCUT2D eigenvalue weighted by atomic mass is 32.1. The van der Waals surface area contributed by atoms with Crippen molar-refractivity contribution in [3.05, 3.63) is 41.0 Å². The summed E-state index contributed by atoms with van der Waals surface area (Å²) in [4.78, 5) is 52.8. The zero-order chi connectivity index (χ0) is 32.3. The van der Waals surface area contributed by atoms with Gasteiger partial charge in [-0.2, -0.15) is 0 Å². The van der Waals surface area contributed by atoms with Crippen molar-refractivity contribution >= 4 is 29.1 Å². The highest BCUT2D eigenvalue weighted by Crippen LogP contribution is 2.31. The lowest BCUT2D eigenvalue weighted by molar-refractivity contribution is -0.144. The normalized spacial score (nSPS) is 25.6. The lowest BCUT2D eigenvalue weighted by Gasteiger charge is -2.41. The zero-order valence-electron chi connectivity index (χ0n) is 27.4. The van der Waals surface area contributed by atoms with E-state index in [9.17, 15) is 19.5 Å². The molecule has 0 radical (unpaired) electrons. The van der Waals surface area contributed by atoms with Gasteiger partial charge >= 0.3 is 0 Å². The predicted molar refractivity (Wildman–Crippen MR) is 176 cm³/mol. The smallest absolute Gasteiger partial charge is 0.246 e. The van der Waals surface area contributed by atoms with Gasteiger partial charge in [-0.15, -0.1) is 11.3 Å². The molecule has 246 valence electrons. The Morgan fingerprint density at radius 2 is 1.69 bits per heavy atom. The maximum atomic E-state index is 14.0. The molecular formula is C34H50N6O4S. The van der Waals surface area contributed by atoms with Crippen LogP contribution in [0.4, 0.5) is 0 Å². The molecule has 0 unspecified atom stereocenters. The molecule has 3 heterocycles. The Bertz CT molecular complexity index is 1320. The highest BCUT2D eigenvalue weighted by Gasteiger charge is 2.45. The fourth-order valence-electron chi connectivity index (χ4n) is 6.93. The number of carbonyl (C=O) groups is 3. The van der Waals surface area contributed by atoms with Gasteiger partial charge in [0.05, 0.1) is 22.2 Å². The average molecular weight is 639 g/mol. The van der Waals surface area contributed by atoms with Gasteiger partial charge < -0.3 is 25.5 Å². The second kappa shape index (κ2) is 14.3. The van der Waals surface area contributed by atoms with Crippen molar-refractivity contribution in [3.8, 4) is 10.4 Å². The van der Waals surface area contributed by atoms with Crippen LogP contribution in [-0.4, -0.2) is 107 Å². The third kappa shape index (κ3) is 8.11. The fourth-order valence-corrected chi connectivity index (χ4v) is 7.74. The van der Waals surface area contributed by atoms with E-state index in [-0.39, 0.29) is 36.6 Å². The van der Waals surface area contributed by atoms with E-state index in [0.29, 0.717) is 12.6 Å². The Morgan fingerprint density at radius 3 is 2.29 bits per heavy atom. The van der Waals surface area contributed by atoms with E-state index < -0.39 is 23.6 Å². The van der Waals surface area contributed by atoms with Gasteiger partial charge in [0, 0.05) is 57.6 Å². The molecule has 1 aliphatic carbocycles. The number of aromatic nitrogens is 1. The Labute approximate surface area is 271 Å². The molecule has 1 aromatic heterocycles. The number of aryl methyl sites for hydroxylation is 1. The summed E-state index contributed by atoms with van der Waals surface area (Å²) >= 11 is 1.60. The number of carbonyl (C=O) groups excluding carboxylic acids is 3.